The molecule has 0 spiro atoms. The lowest BCUT2D eigenvalue weighted by atomic mass is 10.1. The van der Waals surface area contributed by atoms with Crippen LogP contribution in [0.1, 0.15) is 13.8 Å². The van der Waals surface area contributed by atoms with Crippen LogP contribution >= 0.6 is 0 Å². The number of morpholine rings is 1. The number of nitrogens with zero attached hydrogens (tertiary/aromatic N) is 1. The highest BCUT2D eigenvalue weighted by atomic mass is 32.2. The summed E-state index contributed by atoms with van der Waals surface area (Å²) in [6.45, 7) is 3.37. The first-order valence-electron chi connectivity index (χ1n) is 5.62. The SMILES string of the molecule is CC1(C)C(=O)OCCN1S(=O)(=O)c1ccccc1. The Labute approximate surface area is 106 Å². The first kappa shape index (κ1) is 13.0. The maximum atomic E-state index is 12.5. The van der Waals surface area contributed by atoms with Crippen molar-refractivity contribution in [2.24, 2.45) is 0 Å². The fraction of sp³-hybridized carbons (Fsp3) is 0.417. The quantitative estimate of drug-likeness (QED) is 0.752. The highest BCUT2D eigenvalue weighted by Gasteiger charge is 2.46. The van der Waals surface area contributed by atoms with E-state index >= 15 is 0 Å². The zero-order valence-corrected chi connectivity index (χ0v) is 11.1. The molecule has 1 aromatic carbocycles. The largest absolute Gasteiger partial charge is 0.463 e. The van der Waals surface area contributed by atoms with Crippen molar-refractivity contribution in [2.45, 2.75) is 24.3 Å². The average Bonchev–Trinajstić information content (AvgIpc) is 2.33. The van der Waals surface area contributed by atoms with Crippen LogP contribution < -0.4 is 0 Å². The number of hydrogen-bond donors (Lipinski definition) is 0. The molecule has 0 radical (unpaired) electrons. The molecule has 18 heavy (non-hydrogen) atoms. The van der Waals surface area contributed by atoms with Crippen molar-refractivity contribution < 1.29 is 17.9 Å². The molecule has 0 unspecified atom stereocenters. The van der Waals surface area contributed by atoms with Gasteiger partial charge < -0.3 is 4.74 Å². The van der Waals surface area contributed by atoms with Crippen molar-refractivity contribution in [3.05, 3.63) is 30.3 Å². The molecule has 0 saturated carbocycles. The van der Waals surface area contributed by atoms with Crippen LogP contribution in [0.2, 0.25) is 0 Å². The van der Waals surface area contributed by atoms with Crippen molar-refractivity contribution in [1.29, 1.82) is 0 Å². The van der Waals surface area contributed by atoms with E-state index in [1.165, 1.54) is 16.4 Å². The van der Waals surface area contributed by atoms with Crippen LogP contribution in [0.25, 0.3) is 0 Å². The number of rotatable bonds is 2. The van der Waals surface area contributed by atoms with Gasteiger partial charge in [0, 0.05) is 6.54 Å². The summed E-state index contributed by atoms with van der Waals surface area (Å²) in [7, 11) is -3.67. The second kappa shape index (κ2) is 4.37. The summed E-state index contributed by atoms with van der Waals surface area (Å²) < 4.78 is 31.0. The maximum absolute atomic E-state index is 12.5. The molecule has 0 aliphatic carbocycles. The fourth-order valence-electron chi connectivity index (χ4n) is 1.92. The zero-order chi connectivity index (χ0) is 13.4. The number of cyclic esters (lactones) is 1. The van der Waals surface area contributed by atoms with Crippen LogP contribution in [0, 0.1) is 0 Å². The zero-order valence-electron chi connectivity index (χ0n) is 10.3. The van der Waals surface area contributed by atoms with Gasteiger partial charge in [-0.3, -0.25) is 4.79 Å². The number of carbonyl (C=O) groups is 1. The lowest BCUT2D eigenvalue weighted by Gasteiger charge is -2.38. The Hall–Kier alpha value is -1.40. The molecule has 1 aliphatic heterocycles. The van der Waals surface area contributed by atoms with Gasteiger partial charge in [0.15, 0.2) is 0 Å². The molecule has 1 fully saturated rings. The first-order chi connectivity index (χ1) is 8.37. The minimum absolute atomic E-state index is 0.0916. The van der Waals surface area contributed by atoms with Gasteiger partial charge >= 0.3 is 5.97 Å². The van der Waals surface area contributed by atoms with Gasteiger partial charge in [0.2, 0.25) is 10.0 Å². The summed E-state index contributed by atoms with van der Waals surface area (Å²) in [6, 6.07) is 8.09. The Balaban J connectivity index is 2.45. The van der Waals surface area contributed by atoms with Crippen LogP contribution in [-0.4, -0.2) is 37.4 Å². The van der Waals surface area contributed by atoms with Gasteiger partial charge in [-0.25, -0.2) is 8.42 Å². The maximum Gasteiger partial charge on any atom is 0.327 e. The van der Waals surface area contributed by atoms with E-state index < -0.39 is 21.5 Å². The van der Waals surface area contributed by atoms with E-state index in [2.05, 4.69) is 0 Å². The topological polar surface area (TPSA) is 63.7 Å². The van der Waals surface area contributed by atoms with Crippen molar-refractivity contribution in [3.8, 4) is 0 Å². The number of carbonyl (C=O) groups excluding carboxylic acids is 1. The van der Waals surface area contributed by atoms with Gasteiger partial charge in [0.25, 0.3) is 0 Å². The number of hydrogen-bond acceptors (Lipinski definition) is 4. The van der Waals surface area contributed by atoms with Crippen molar-refractivity contribution in [1.82, 2.24) is 4.31 Å². The molecule has 0 aromatic heterocycles. The van der Waals surface area contributed by atoms with Crippen molar-refractivity contribution >= 4 is 16.0 Å². The van der Waals surface area contributed by atoms with E-state index in [-0.39, 0.29) is 18.0 Å². The molecule has 98 valence electrons. The highest BCUT2D eigenvalue weighted by Crippen LogP contribution is 2.27. The molecule has 1 heterocycles. The summed E-state index contributed by atoms with van der Waals surface area (Å²) >= 11 is 0. The molecule has 1 aliphatic rings. The number of sulfonamides is 1. The Kier molecular flexibility index (Phi) is 3.16. The Morgan fingerprint density at radius 1 is 1.22 bits per heavy atom. The third-order valence-corrected chi connectivity index (χ3v) is 5.07. The molecule has 0 amide bonds. The number of benzene rings is 1. The predicted octanol–water partition coefficient (Wildman–Crippen LogP) is 1.01. The highest BCUT2D eigenvalue weighted by molar-refractivity contribution is 7.89. The smallest absolute Gasteiger partial charge is 0.327 e. The third kappa shape index (κ3) is 2.02. The first-order valence-corrected chi connectivity index (χ1v) is 7.06. The minimum atomic E-state index is -3.67. The summed E-state index contributed by atoms with van der Waals surface area (Å²) in [5.41, 5.74) is -1.17. The van der Waals surface area contributed by atoms with Gasteiger partial charge in [-0.2, -0.15) is 4.31 Å². The molecular weight excluding hydrogens is 254 g/mol. The van der Waals surface area contributed by atoms with Crippen molar-refractivity contribution in [2.75, 3.05) is 13.2 Å². The molecule has 0 N–H and O–H groups in total. The van der Waals surface area contributed by atoms with E-state index in [0.29, 0.717) is 0 Å². The lowest BCUT2D eigenvalue weighted by molar-refractivity contribution is -0.160. The fourth-order valence-corrected chi connectivity index (χ4v) is 3.67. The lowest BCUT2D eigenvalue weighted by Crippen LogP contribution is -2.58. The molecule has 2 rings (SSSR count). The summed E-state index contributed by atoms with van der Waals surface area (Å²) in [5.74, 6) is -0.520. The van der Waals surface area contributed by atoms with E-state index in [1.807, 2.05) is 0 Å². The Morgan fingerprint density at radius 3 is 2.44 bits per heavy atom. The number of esters is 1. The van der Waals surface area contributed by atoms with Crippen LogP contribution in [0.15, 0.2) is 35.2 Å². The number of ether oxygens (including phenoxy) is 1. The van der Waals surface area contributed by atoms with Gasteiger partial charge in [-0.05, 0) is 26.0 Å². The second-order valence-electron chi connectivity index (χ2n) is 4.59. The molecule has 6 heteroatoms. The monoisotopic (exact) mass is 269 g/mol. The van der Waals surface area contributed by atoms with Crippen LogP contribution in [-0.2, 0) is 19.6 Å². The molecule has 0 bridgehead atoms. The molecule has 0 atom stereocenters. The normalized spacial score (nSPS) is 20.4. The van der Waals surface area contributed by atoms with Gasteiger partial charge in [0.1, 0.15) is 12.1 Å². The molecule has 5 nitrogen and oxygen atoms in total. The van der Waals surface area contributed by atoms with E-state index in [4.69, 9.17) is 4.74 Å². The average molecular weight is 269 g/mol. The van der Waals surface area contributed by atoms with E-state index in [9.17, 15) is 13.2 Å². The van der Waals surface area contributed by atoms with Gasteiger partial charge in [-0.15, -0.1) is 0 Å². The summed E-state index contributed by atoms with van der Waals surface area (Å²) in [6.07, 6.45) is 0. The standard InChI is InChI=1S/C12H15NO4S/c1-12(2)11(14)17-9-8-13(12)18(15,16)10-6-4-3-5-7-10/h3-7H,8-9H2,1-2H3. The third-order valence-electron chi connectivity index (χ3n) is 2.98. The van der Waals surface area contributed by atoms with E-state index in [1.54, 1.807) is 32.0 Å². The Morgan fingerprint density at radius 2 is 1.83 bits per heavy atom. The minimum Gasteiger partial charge on any atom is -0.463 e. The van der Waals surface area contributed by atoms with E-state index in [0.717, 1.165) is 0 Å². The summed E-state index contributed by atoms with van der Waals surface area (Å²) in [4.78, 5) is 11.9. The van der Waals surface area contributed by atoms with Crippen LogP contribution in [0.5, 0.6) is 0 Å². The van der Waals surface area contributed by atoms with Gasteiger partial charge in [0.05, 0.1) is 4.90 Å². The molecule has 1 saturated heterocycles. The summed E-state index contributed by atoms with van der Waals surface area (Å²) in [5, 5.41) is 0. The Bertz CT molecular complexity index is 551. The van der Waals surface area contributed by atoms with Crippen LogP contribution in [0.4, 0.5) is 0 Å². The van der Waals surface area contributed by atoms with Crippen molar-refractivity contribution in [3.63, 3.8) is 0 Å². The van der Waals surface area contributed by atoms with Gasteiger partial charge in [-0.1, -0.05) is 18.2 Å². The second-order valence-corrected chi connectivity index (χ2v) is 6.45. The predicted molar refractivity (Wildman–Crippen MR) is 65.4 cm³/mol. The molecule has 1 aromatic rings. The molecular formula is C12H15NO4S. The van der Waals surface area contributed by atoms with Crippen LogP contribution in [0.3, 0.4) is 0 Å².